The van der Waals surface area contributed by atoms with E-state index >= 15 is 0 Å². The second-order valence-electron chi connectivity index (χ2n) is 4.36. The van der Waals surface area contributed by atoms with E-state index in [1.165, 1.54) is 11.8 Å². The SMILES string of the molecule is CCCn1cncc1Cn1nnc(C(=O)O)c1COC. The Morgan fingerprint density at radius 2 is 2.30 bits per heavy atom. The highest BCUT2D eigenvalue weighted by Crippen LogP contribution is 2.10. The highest BCUT2D eigenvalue weighted by atomic mass is 16.5. The molecule has 0 aliphatic rings. The third-order valence-electron chi connectivity index (χ3n) is 2.90. The third kappa shape index (κ3) is 2.85. The summed E-state index contributed by atoms with van der Waals surface area (Å²) in [6, 6.07) is 0. The number of rotatable bonds is 7. The summed E-state index contributed by atoms with van der Waals surface area (Å²) < 4.78 is 8.58. The van der Waals surface area contributed by atoms with Crippen molar-refractivity contribution in [1.29, 1.82) is 0 Å². The van der Waals surface area contributed by atoms with Crippen LogP contribution in [0.25, 0.3) is 0 Å². The molecule has 0 aromatic carbocycles. The summed E-state index contributed by atoms with van der Waals surface area (Å²) >= 11 is 0. The van der Waals surface area contributed by atoms with Crippen LogP contribution in [0.2, 0.25) is 0 Å². The van der Waals surface area contributed by atoms with Crippen LogP contribution >= 0.6 is 0 Å². The van der Waals surface area contributed by atoms with E-state index < -0.39 is 5.97 Å². The molecule has 2 rings (SSSR count). The lowest BCUT2D eigenvalue weighted by Gasteiger charge is -2.09. The number of aromatic nitrogens is 5. The van der Waals surface area contributed by atoms with Gasteiger partial charge in [-0.15, -0.1) is 5.10 Å². The van der Waals surface area contributed by atoms with Gasteiger partial charge in [-0.1, -0.05) is 12.1 Å². The summed E-state index contributed by atoms with van der Waals surface area (Å²) in [5, 5.41) is 16.7. The molecule has 0 saturated heterocycles. The predicted molar refractivity (Wildman–Crippen MR) is 69.3 cm³/mol. The van der Waals surface area contributed by atoms with Crippen molar-refractivity contribution in [3.63, 3.8) is 0 Å². The normalized spacial score (nSPS) is 10.9. The van der Waals surface area contributed by atoms with Gasteiger partial charge in [0.15, 0.2) is 5.69 Å². The average Bonchev–Trinajstić information content (AvgIpc) is 3.00. The molecule has 108 valence electrons. The van der Waals surface area contributed by atoms with Crippen molar-refractivity contribution in [3.05, 3.63) is 29.6 Å². The molecule has 0 atom stereocenters. The van der Waals surface area contributed by atoms with E-state index in [1.54, 1.807) is 12.5 Å². The van der Waals surface area contributed by atoms with Crippen molar-refractivity contribution in [2.24, 2.45) is 0 Å². The maximum atomic E-state index is 11.1. The number of aromatic carboxylic acids is 1. The zero-order valence-corrected chi connectivity index (χ0v) is 11.5. The van der Waals surface area contributed by atoms with Crippen LogP contribution in [0.1, 0.15) is 35.2 Å². The van der Waals surface area contributed by atoms with Gasteiger partial charge in [0.25, 0.3) is 0 Å². The minimum absolute atomic E-state index is 0.0755. The van der Waals surface area contributed by atoms with Gasteiger partial charge >= 0.3 is 5.97 Å². The molecule has 0 bridgehead atoms. The zero-order valence-electron chi connectivity index (χ0n) is 11.5. The lowest BCUT2D eigenvalue weighted by Crippen LogP contribution is -2.13. The first kappa shape index (κ1) is 14.2. The maximum absolute atomic E-state index is 11.1. The van der Waals surface area contributed by atoms with Crippen LogP contribution in [0, 0.1) is 0 Å². The van der Waals surface area contributed by atoms with Crippen molar-refractivity contribution < 1.29 is 14.6 Å². The van der Waals surface area contributed by atoms with Gasteiger partial charge in [0.1, 0.15) is 0 Å². The van der Waals surface area contributed by atoms with Gasteiger partial charge in [0, 0.05) is 13.7 Å². The molecule has 0 amide bonds. The first-order valence-corrected chi connectivity index (χ1v) is 6.31. The van der Waals surface area contributed by atoms with E-state index in [1.807, 2.05) is 4.57 Å². The molecule has 1 N–H and O–H groups in total. The Labute approximate surface area is 116 Å². The van der Waals surface area contributed by atoms with Gasteiger partial charge in [-0.05, 0) is 6.42 Å². The van der Waals surface area contributed by atoms with Gasteiger partial charge in [0.05, 0.1) is 37.1 Å². The maximum Gasteiger partial charge on any atom is 0.358 e. The van der Waals surface area contributed by atoms with Crippen LogP contribution in [0.5, 0.6) is 0 Å². The number of aryl methyl sites for hydroxylation is 1. The van der Waals surface area contributed by atoms with Gasteiger partial charge in [-0.25, -0.2) is 14.5 Å². The Balaban J connectivity index is 2.28. The first-order chi connectivity index (χ1) is 9.67. The molecule has 0 aliphatic heterocycles. The number of carbonyl (C=O) groups is 1. The van der Waals surface area contributed by atoms with Crippen LogP contribution in [0.15, 0.2) is 12.5 Å². The van der Waals surface area contributed by atoms with Crippen molar-refractivity contribution in [3.8, 4) is 0 Å². The molecule has 0 unspecified atom stereocenters. The van der Waals surface area contributed by atoms with E-state index in [2.05, 4.69) is 22.2 Å². The average molecular weight is 279 g/mol. The summed E-state index contributed by atoms with van der Waals surface area (Å²) in [6.07, 6.45) is 4.49. The number of hydrogen-bond acceptors (Lipinski definition) is 5. The minimum Gasteiger partial charge on any atom is -0.476 e. The lowest BCUT2D eigenvalue weighted by atomic mass is 10.3. The lowest BCUT2D eigenvalue weighted by molar-refractivity contribution is 0.0684. The molecule has 8 heteroatoms. The largest absolute Gasteiger partial charge is 0.476 e. The molecule has 0 spiro atoms. The van der Waals surface area contributed by atoms with E-state index in [0.29, 0.717) is 12.2 Å². The van der Waals surface area contributed by atoms with Crippen molar-refractivity contribution in [2.75, 3.05) is 7.11 Å². The summed E-state index contributed by atoms with van der Waals surface area (Å²) in [5.41, 5.74) is 1.32. The molecule has 2 heterocycles. The Morgan fingerprint density at radius 3 is 2.95 bits per heavy atom. The summed E-state index contributed by atoms with van der Waals surface area (Å²) in [4.78, 5) is 15.2. The number of methoxy groups -OCH3 is 1. The summed E-state index contributed by atoms with van der Waals surface area (Å²) in [5.74, 6) is -1.11. The fourth-order valence-electron chi connectivity index (χ4n) is 1.98. The number of carboxylic acids is 1. The first-order valence-electron chi connectivity index (χ1n) is 6.31. The molecule has 8 nitrogen and oxygen atoms in total. The van der Waals surface area contributed by atoms with Gasteiger partial charge in [0.2, 0.25) is 0 Å². The second kappa shape index (κ2) is 6.29. The van der Waals surface area contributed by atoms with Crippen LogP contribution in [-0.2, 0) is 24.4 Å². The Morgan fingerprint density at radius 1 is 1.50 bits per heavy atom. The fourth-order valence-corrected chi connectivity index (χ4v) is 1.98. The van der Waals surface area contributed by atoms with E-state index in [4.69, 9.17) is 9.84 Å². The van der Waals surface area contributed by atoms with Crippen molar-refractivity contribution >= 4 is 5.97 Å². The predicted octanol–water partition coefficient (Wildman–Crippen LogP) is 0.777. The smallest absolute Gasteiger partial charge is 0.358 e. The van der Waals surface area contributed by atoms with Crippen molar-refractivity contribution in [2.45, 2.75) is 33.0 Å². The Bertz CT molecular complexity index is 590. The van der Waals surface area contributed by atoms with E-state index in [9.17, 15) is 4.79 Å². The van der Waals surface area contributed by atoms with E-state index in [-0.39, 0.29) is 12.3 Å². The Kier molecular flexibility index (Phi) is 4.46. The fraction of sp³-hybridized carbons (Fsp3) is 0.500. The zero-order chi connectivity index (χ0) is 14.5. The topological polar surface area (TPSA) is 95.1 Å². The number of carboxylic acid groups (broad SMARTS) is 1. The number of nitrogens with zero attached hydrogens (tertiary/aromatic N) is 5. The third-order valence-corrected chi connectivity index (χ3v) is 2.90. The molecule has 0 aliphatic carbocycles. The van der Waals surface area contributed by atoms with Crippen LogP contribution in [0.4, 0.5) is 0 Å². The van der Waals surface area contributed by atoms with Gasteiger partial charge in [-0.2, -0.15) is 0 Å². The molecular weight excluding hydrogens is 262 g/mol. The standard InChI is InChI=1S/C12H17N5O3/c1-3-4-16-8-13-5-9(16)6-17-10(7-20-2)11(12(18)19)14-15-17/h5,8H,3-4,6-7H2,1-2H3,(H,18,19). The summed E-state index contributed by atoms with van der Waals surface area (Å²) in [7, 11) is 1.50. The van der Waals surface area contributed by atoms with Crippen molar-refractivity contribution in [1.82, 2.24) is 24.5 Å². The molecular formula is C12H17N5O3. The quantitative estimate of drug-likeness (QED) is 0.804. The summed E-state index contributed by atoms with van der Waals surface area (Å²) in [6.45, 7) is 3.50. The highest BCUT2D eigenvalue weighted by Gasteiger charge is 2.19. The molecule has 0 radical (unpaired) electrons. The molecule has 2 aromatic heterocycles. The molecule has 0 saturated carbocycles. The minimum atomic E-state index is -1.11. The van der Waals surface area contributed by atoms with Crippen LogP contribution in [0.3, 0.4) is 0 Å². The van der Waals surface area contributed by atoms with E-state index in [0.717, 1.165) is 18.7 Å². The molecule has 2 aromatic rings. The Hall–Kier alpha value is -2.22. The van der Waals surface area contributed by atoms with Gasteiger partial charge < -0.3 is 14.4 Å². The highest BCUT2D eigenvalue weighted by molar-refractivity contribution is 5.86. The number of ether oxygens (including phenoxy) is 1. The number of imidazole rings is 1. The van der Waals surface area contributed by atoms with Gasteiger partial charge in [-0.3, -0.25) is 0 Å². The molecule has 0 fully saturated rings. The molecule has 20 heavy (non-hydrogen) atoms. The van der Waals surface area contributed by atoms with Crippen LogP contribution < -0.4 is 0 Å². The van der Waals surface area contributed by atoms with Crippen LogP contribution in [-0.4, -0.2) is 42.7 Å². The number of hydrogen-bond donors (Lipinski definition) is 1. The monoisotopic (exact) mass is 279 g/mol. The second-order valence-corrected chi connectivity index (χ2v) is 4.36.